The first-order chi connectivity index (χ1) is 13.7. The number of thiazole rings is 1. The Morgan fingerprint density at radius 1 is 1.24 bits per heavy atom. The zero-order chi connectivity index (χ0) is 21.2. The fourth-order valence-corrected chi connectivity index (χ4v) is 4.90. The molecule has 0 aliphatic heterocycles. The molecule has 1 heterocycles. The lowest BCUT2D eigenvalue weighted by Gasteiger charge is -2.08. The molecule has 3 rings (SSSR count). The molecule has 0 aliphatic rings. The van der Waals surface area contributed by atoms with E-state index in [1.165, 1.54) is 35.6 Å². The van der Waals surface area contributed by atoms with Gasteiger partial charge in [-0.1, -0.05) is 29.4 Å². The molecule has 8 heteroatoms. The highest BCUT2D eigenvalue weighted by atomic mass is 32.2. The van der Waals surface area contributed by atoms with Crippen molar-refractivity contribution >= 4 is 37.3 Å². The second kappa shape index (κ2) is 8.31. The normalized spacial score (nSPS) is 12.4. The minimum atomic E-state index is -3.36. The minimum Gasteiger partial charge on any atom is -0.305 e. The van der Waals surface area contributed by atoms with Gasteiger partial charge < -0.3 is 4.57 Å². The van der Waals surface area contributed by atoms with Gasteiger partial charge in [-0.15, -0.1) is 6.42 Å². The third-order valence-corrected chi connectivity index (χ3v) is 7.55. The number of benzene rings is 2. The molecule has 0 saturated heterocycles. The maximum Gasteiger partial charge on any atom is 0.252 e. The first kappa shape index (κ1) is 21.0. The molecule has 29 heavy (non-hydrogen) atoms. The predicted molar refractivity (Wildman–Crippen MR) is 112 cm³/mol. The van der Waals surface area contributed by atoms with E-state index >= 15 is 0 Å². The van der Waals surface area contributed by atoms with E-state index in [0.717, 1.165) is 0 Å². The van der Waals surface area contributed by atoms with Crippen LogP contribution in [0.15, 0.2) is 52.4 Å². The minimum absolute atomic E-state index is 0.0145. The summed E-state index contributed by atoms with van der Waals surface area (Å²) in [5.41, 5.74) is 1.36. The molecule has 0 N–H and O–H groups in total. The van der Waals surface area contributed by atoms with E-state index in [-0.39, 0.29) is 23.7 Å². The van der Waals surface area contributed by atoms with Gasteiger partial charge in [-0.3, -0.25) is 4.79 Å². The number of carbonyl (C=O) groups is 1. The van der Waals surface area contributed by atoms with Crippen molar-refractivity contribution in [2.45, 2.75) is 37.0 Å². The number of nitrogens with zero attached hydrogens (tertiary/aromatic N) is 2. The molecular weight excluding hydrogens is 411 g/mol. The van der Waals surface area contributed by atoms with Gasteiger partial charge in [0.1, 0.15) is 5.82 Å². The lowest BCUT2D eigenvalue weighted by atomic mass is 10.1. The van der Waals surface area contributed by atoms with Crippen molar-refractivity contribution in [2.75, 3.05) is 0 Å². The van der Waals surface area contributed by atoms with Gasteiger partial charge >= 0.3 is 0 Å². The van der Waals surface area contributed by atoms with Crippen LogP contribution in [0.1, 0.15) is 19.4 Å². The Hall–Kier alpha value is -2.76. The highest BCUT2D eigenvalue weighted by Crippen LogP contribution is 2.19. The van der Waals surface area contributed by atoms with Gasteiger partial charge in [0.05, 0.1) is 33.3 Å². The Balaban J connectivity index is 1.90. The van der Waals surface area contributed by atoms with Crippen molar-refractivity contribution in [2.24, 2.45) is 4.99 Å². The third-order valence-electron chi connectivity index (χ3n) is 4.34. The quantitative estimate of drug-likeness (QED) is 0.583. The summed E-state index contributed by atoms with van der Waals surface area (Å²) >= 11 is 1.19. The van der Waals surface area contributed by atoms with Gasteiger partial charge in [0, 0.05) is 0 Å². The lowest BCUT2D eigenvalue weighted by molar-refractivity contribution is -0.117. The average Bonchev–Trinajstić information content (AvgIpc) is 2.98. The molecule has 0 aliphatic carbocycles. The number of halogens is 1. The van der Waals surface area contributed by atoms with Gasteiger partial charge in [0.2, 0.25) is 0 Å². The Bertz CT molecular complexity index is 1280. The maximum atomic E-state index is 13.5. The molecule has 2 aromatic carbocycles. The van der Waals surface area contributed by atoms with Gasteiger partial charge in [0.15, 0.2) is 14.6 Å². The SMILES string of the molecule is C#CCn1c(=NC(=O)Cc2ccc(S(=O)(=O)C(C)C)cc2)sc2cc(F)ccc21. The average molecular weight is 431 g/mol. The highest BCUT2D eigenvalue weighted by molar-refractivity contribution is 7.92. The molecule has 0 saturated carbocycles. The molecule has 1 aromatic heterocycles. The molecule has 150 valence electrons. The summed E-state index contributed by atoms with van der Waals surface area (Å²) in [4.78, 5) is 17.2. The second-order valence-corrected chi connectivity index (χ2v) is 10.2. The van der Waals surface area contributed by atoms with Crippen molar-refractivity contribution in [3.63, 3.8) is 0 Å². The standard InChI is InChI=1S/C21H19FN2O3S2/c1-4-11-24-18-10-7-16(22)13-19(18)28-21(24)23-20(25)12-15-5-8-17(9-6-15)29(26,27)14(2)3/h1,5-10,13-14H,11-12H2,2-3H3. The summed E-state index contributed by atoms with van der Waals surface area (Å²) in [6, 6.07) is 10.5. The van der Waals surface area contributed by atoms with Crippen molar-refractivity contribution in [3.05, 3.63) is 58.6 Å². The molecule has 5 nitrogen and oxygen atoms in total. The fourth-order valence-electron chi connectivity index (χ4n) is 2.77. The number of sulfone groups is 1. The number of aromatic nitrogens is 1. The Morgan fingerprint density at radius 2 is 1.93 bits per heavy atom. The van der Waals surface area contributed by atoms with E-state index in [4.69, 9.17) is 6.42 Å². The van der Waals surface area contributed by atoms with Gasteiger partial charge in [-0.2, -0.15) is 4.99 Å². The number of fused-ring (bicyclic) bond motifs is 1. The van der Waals surface area contributed by atoms with Crippen LogP contribution in [0.25, 0.3) is 10.2 Å². The Morgan fingerprint density at radius 3 is 2.55 bits per heavy atom. The summed E-state index contributed by atoms with van der Waals surface area (Å²) in [5, 5.41) is -0.519. The fraction of sp³-hybridized carbons (Fsp3) is 0.238. The molecule has 0 bridgehead atoms. The van der Waals surface area contributed by atoms with Crippen LogP contribution < -0.4 is 4.80 Å². The zero-order valence-corrected chi connectivity index (χ0v) is 17.6. The van der Waals surface area contributed by atoms with Crippen molar-refractivity contribution in [3.8, 4) is 12.3 Å². The zero-order valence-electron chi connectivity index (χ0n) is 15.9. The maximum absolute atomic E-state index is 13.5. The molecule has 0 radical (unpaired) electrons. The summed E-state index contributed by atoms with van der Waals surface area (Å²) < 4.78 is 40.2. The molecule has 1 amide bonds. The smallest absolute Gasteiger partial charge is 0.252 e. The number of rotatable bonds is 5. The van der Waals surface area contributed by atoms with Crippen LogP contribution in [0, 0.1) is 18.2 Å². The molecule has 3 aromatic rings. The van der Waals surface area contributed by atoms with E-state index in [2.05, 4.69) is 10.9 Å². The number of amides is 1. The van der Waals surface area contributed by atoms with Crippen LogP contribution in [0.2, 0.25) is 0 Å². The van der Waals surface area contributed by atoms with Gasteiger partial charge in [-0.05, 0) is 49.7 Å². The molecule has 0 atom stereocenters. The molecule has 0 fully saturated rings. The van der Waals surface area contributed by atoms with Crippen molar-refractivity contribution in [1.29, 1.82) is 0 Å². The monoisotopic (exact) mass is 430 g/mol. The number of hydrogen-bond acceptors (Lipinski definition) is 4. The van der Waals surface area contributed by atoms with Crippen molar-refractivity contribution in [1.82, 2.24) is 4.57 Å². The highest BCUT2D eigenvalue weighted by Gasteiger charge is 2.19. The predicted octanol–water partition coefficient (Wildman–Crippen LogP) is 3.33. The largest absolute Gasteiger partial charge is 0.305 e. The van der Waals surface area contributed by atoms with E-state index in [1.54, 1.807) is 36.6 Å². The Kier molecular flexibility index (Phi) is 6.01. The first-order valence-electron chi connectivity index (χ1n) is 8.85. The van der Waals surface area contributed by atoms with Crippen LogP contribution in [-0.4, -0.2) is 24.1 Å². The van der Waals surface area contributed by atoms with E-state index in [1.807, 2.05) is 0 Å². The summed E-state index contributed by atoms with van der Waals surface area (Å²) in [7, 11) is -3.36. The number of terminal acetylenes is 1. The van der Waals surface area contributed by atoms with Crippen LogP contribution in [-0.2, 0) is 27.6 Å². The van der Waals surface area contributed by atoms with Crippen LogP contribution >= 0.6 is 11.3 Å². The van der Waals surface area contributed by atoms with Crippen LogP contribution in [0.4, 0.5) is 4.39 Å². The lowest BCUT2D eigenvalue weighted by Crippen LogP contribution is -2.17. The topological polar surface area (TPSA) is 68.5 Å². The van der Waals surface area contributed by atoms with E-state index in [9.17, 15) is 17.6 Å². The number of carbonyl (C=O) groups excluding carboxylic acids is 1. The summed E-state index contributed by atoms with van der Waals surface area (Å²) in [6.07, 6.45) is 5.43. The van der Waals surface area contributed by atoms with Crippen LogP contribution in [0.5, 0.6) is 0 Å². The number of hydrogen-bond donors (Lipinski definition) is 0. The van der Waals surface area contributed by atoms with Crippen molar-refractivity contribution < 1.29 is 17.6 Å². The van der Waals surface area contributed by atoms with E-state index in [0.29, 0.717) is 20.6 Å². The van der Waals surface area contributed by atoms with Crippen LogP contribution in [0.3, 0.4) is 0 Å². The van der Waals surface area contributed by atoms with E-state index < -0.39 is 21.0 Å². The summed E-state index contributed by atoms with van der Waals surface area (Å²) in [5.74, 6) is 1.74. The Labute approximate surface area is 172 Å². The molecule has 0 unspecified atom stereocenters. The molecule has 0 spiro atoms. The third kappa shape index (κ3) is 4.47. The molecular formula is C21H19FN2O3S2. The second-order valence-electron chi connectivity index (χ2n) is 6.71. The first-order valence-corrected chi connectivity index (χ1v) is 11.2. The summed E-state index contributed by atoms with van der Waals surface area (Å²) in [6.45, 7) is 3.45. The van der Waals surface area contributed by atoms with Gasteiger partial charge in [0.25, 0.3) is 5.91 Å². The van der Waals surface area contributed by atoms with Gasteiger partial charge in [-0.25, -0.2) is 12.8 Å².